The summed E-state index contributed by atoms with van der Waals surface area (Å²) in [7, 11) is 0. The molecule has 10 heterocycles. The van der Waals surface area contributed by atoms with Crippen LogP contribution in [0.15, 0.2) is 110 Å². The highest BCUT2D eigenvalue weighted by atomic mass is 16.4. The Morgan fingerprint density at radius 2 is 0.882 bits per heavy atom. The number of carboxylic acid groups (broad SMARTS) is 1. The highest BCUT2D eigenvalue weighted by Crippen LogP contribution is 2.34. The molecule has 4 aromatic carbocycles. The lowest BCUT2D eigenvalue weighted by atomic mass is 9.97. The van der Waals surface area contributed by atoms with Crippen molar-refractivity contribution in [3.8, 4) is 0 Å². The lowest BCUT2D eigenvalue weighted by Gasteiger charge is -2.39. The molecule has 8 aliphatic rings. The summed E-state index contributed by atoms with van der Waals surface area (Å²) in [5.74, 6) is -3.32. The van der Waals surface area contributed by atoms with Crippen molar-refractivity contribution in [1.82, 2.24) is 60.0 Å². The second kappa shape index (κ2) is 42.9. The number of nitrogens with zero attached hydrogens (tertiary/aromatic N) is 10. The van der Waals surface area contributed by atoms with E-state index in [9.17, 15) is 67.7 Å². The van der Waals surface area contributed by atoms with Gasteiger partial charge in [-0.3, -0.25) is 97.6 Å². The van der Waals surface area contributed by atoms with Gasteiger partial charge in [-0.2, -0.15) is 0 Å². The summed E-state index contributed by atoms with van der Waals surface area (Å²) < 4.78 is 0. The molecule has 6 aromatic rings. The molecule has 8 amide bonds. The number of hydrogen-bond donors (Lipinski definition) is 8. The Morgan fingerprint density at radius 1 is 0.462 bits per heavy atom. The number of carbonyl (C=O) groups is 12. The van der Waals surface area contributed by atoms with E-state index in [-0.39, 0.29) is 68.3 Å². The number of aromatic nitrogens is 4. The van der Waals surface area contributed by atoms with Gasteiger partial charge >= 0.3 is 5.97 Å². The molecule has 0 aliphatic carbocycles. The van der Waals surface area contributed by atoms with Gasteiger partial charge in [0.25, 0.3) is 23.6 Å². The Bertz CT molecular complexity index is 4660. The van der Waals surface area contributed by atoms with E-state index in [2.05, 4.69) is 103 Å². The Labute approximate surface area is 693 Å². The van der Waals surface area contributed by atoms with Gasteiger partial charge in [0.05, 0.1) is 46.5 Å². The Kier molecular flexibility index (Phi) is 31.6. The average Bonchev–Trinajstić information content (AvgIpc) is 1.61. The smallest absolute Gasteiger partial charge is 0.303 e. The minimum Gasteiger partial charge on any atom is -0.481 e. The molecule has 30 nitrogen and oxygen atoms in total. The lowest BCUT2D eigenvalue weighted by molar-refractivity contribution is -0.138. The predicted octanol–water partition coefficient (Wildman–Crippen LogP) is 7.26. The zero-order chi connectivity index (χ0) is 83.9. The van der Waals surface area contributed by atoms with Gasteiger partial charge < -0.3 is 31.7 Å². The molecule has 0 spiro atoms. The van der Waals surface area contributed by atoms with Crippen LogP contribution in [0.1, 0.15) is 237 Å². The number of likely N-dealkylation sites (tertiary alicyclic amines) is 2. The van der Waals surface area contributed by atoms with Crippen molar-refractivity contribution in [2.75, 3.05) is 82.6 Å². The molecule has 2 aromatic heterocycles. The number of hydrogen-bond acceptors (Lipinski definition) is 25. The molecule has 14 rings (SSSR count). The van der Waals surface area contributed by atoms with Crippen LogP contribution in [0.2, 0.25) is 0 Å². The topological polar surface area (TPSA) is 411 Å². The Balaban J connectivity index is 0.000000181. The Hall–Kier alpha value is -10.6. The van der Waals surface area contributed by atoms with E-state index in [0.29, 0.717) is 116 Å². The fourth-order valence-corrected chi connectivity index (χ4v) is 17.0. The van der Waals surface area contributed by atoms with Crippen LogP contribution < -0.4 is 27.0 Å². The minimum atomic E-state index is -0.972. The fraction of sp³-hybridized carbons (Fsp3) is 0.506. The number of carbonyl (C=O) groups excluding carboxylic acids is 11. The summed E-state index contributed by atoms with van der Waals surface area (Å²) in [6, 6.07) is 29.3. The van der Waals surface area contributed by atoms with Gasteiger partial charge in [0, 0.05) is 136 Å². The highest BCUT2D eigenvalue weighted by molar-refractivity contribution is 6.25. The molecule has 0 radical (unpaired) electrons. The molecule has 4 saturated heterocycles. The van der Waals surface area contributed by atoms with Gasteiger partial charge in [-0.1, -0.05) is 111 Å². The molecule has 632 valence electrons. The number of carboxylic acids is 1. The van der Waals surface area contributed by atoms with Crippen molar-refractivity contribution in [2.45, 2.75) is 216 Å². The number of fused-ring (bicyclic) bond motifs is 4. The number of amides is 8. The average molecular weight is 1630 g/mol. The second-order valence-electron chi connectivity index (χ2n) is 32.5. The lowest BCUT2D eigenvalue weighted by Crippen LogP contribution is -2.55. The standard InChI is InChI=1S/C45H55N7O7.C23H32N6O2.C21H24N2O6/c53-34(14-5-3-1-2-4-11-31-13-8-16-36-42(31)45(59)52(44(36)58)38-18-20-41(56)49-43(38)57)15-9-22-50-26-33(27-50)48-40-24-37(46-29-47-40)39(55)19-17-35(54)28-51-23-21-30-10-6-7-12-32(30)25-51;24-8-10-29-13-19(14-29)27-23-11-21(25-16-26-23)22(31)6-5-20(30)15-28-9-7-17-3-1-2-4-18(17)12-28;24-16-12-11-15(19(27)22-16)23-20(28)14-9-6-8-13(18(14)21(23)29)7-4-2-1-3-5-10-17(25)26/h6-8,10,12-13,16,24,29,33,35,38,54H,1-5,9,11,14-15,17-23,25-28H2,(H,46,47,48)(H,49,56,57);1-4,11,16,19-20,30H,5-10,12-15,24H2,(H,25,26,27);6,8-9,15H,1-5,7,10-12H2,(H,25,26)(H,22,24,27)/t35-,38?;20-;/m00./s1. The van der Waals surface area contributed by atoms with Crippen LogP contribution >= 0.6 is 0 Å². The number of aliphatic hydroxyl groups is 2. The third kappa shape index (κ3) is 24.1. The van der Waals surface area contributed by atoms with Crippen molar-refractivity contribution >= 4 is 82.2 Å². The molecule has 2 unspecified atom stereocenters. The summed E-state index contributed by atoms with van der Waals surface area (Å²) in [6.45, 7) is 10.6. The number of aliphatic hydroxyl groups excluding tert-OH is 2. The van der Waals surface area contributed by atoms with Crippen molar-refractivity contribution in [1.29, 1.82) is 0 Å². The number of β-amino-alcohol motifs (C(OH)–C–C–N with tert-alkyl or cyclic N) is 2. The van der Waals surface area contributed by atoms with Crippen LogP contribution in [-0.4, -0.2) is 244 Å². The summed E-state index contributed by atoms with van der Waals surface area (Å²) in [5.41, 5.74) is 14.6. The van der Waals surface area contributed by atoms with Gasteiger partial charge in [0.15, 0.2) is 11.6 Å². The van der Waals surface area contributed by atoms with E-state index in [1.54, 1.807) is 36.4 Å². The molecule has 0 saturated carbocycles. The quantitative estimate of drug-likeness (QED) is 0.0107. The number of nitrogens with two attached hydrogens (primary N) is 1. The largest absolute Gasteiger partial charge is 0.481 e. The van der Waals surface area contributed by atoms with Crippen molar-refractivity contribution < 1.29 is 72.9 Å². The second-order valence-corrected chi connectivity index (χ2v) is 32.5. The number of benzene rings is 4. The molecule has 4 fully saturated rings. The zero-order valence-electron chi connectivity index (χ0n) is 67.7. The number of Topliss-reactive ketones (excluding diaryl/α,β-unsaturated/α-hetero) is 3. The van der Waals surface area contributed by atoms with Crippen LogP contribution in [0.4, 0.5) is 11.6 Å². The van der Waals surface area contributed by atoms with Gasteiger partial charge in [-0.05, 0) is 136 Å². The summed E-state index contributed by atoms with van der Waals surface area (Å²) in [6.07, 6.45) is 17.6. The summed E-state index contributed by atoms with van der Waals surface area (Å²) in [5, 5.41) is 40.9. The van der Waals surface area contributed by atoms with E-state index >= 15 is 0 Å². The molecule has 8 aliphatic heterocycles. The molecule has 0 bridgehead atoms. The van der Waals surface area contributed by atoms with Crippen LogP contribution in [0, 0.1) is 0 Å². The van der Waals surface area contributed by atoms with Crippen molar-refractivity contribution in [2.24, 2.45) is 5.73 Å². The maximum Gasteiger partial charge on any atom is 0.303 e. The fourth-order valence-electron chi connectivity index (χ4n) is 17.0. The first kappa shape index (κ1) is 87.7. The van der Waals surface area contributed by atoms with Gasteiger partial charge in [-0.25, -0.2) is 19.9 Å². The number of aliphatic carboxylic acids is 1. The monoisotopic (exact) mass is 1630 g/mol. The van der Waals surface area contributed by atoms with Crippen LogP contribution in [-0.2, 0) is 67.5 Å². The third-order valence-electron chi connectivity index (χ3n) is 23.5. The van der Waals surface area contributed by atoms with Crippen molar-refractivity contribution in [3.05, 3.63) is 177 Å². The number of imide groups is 4. The first-order chi connectivity index (χ1) is 57.6. The number of aryl methyl sites for hydroxylation is 2. The van der Waals surface area contributed by atoms with E-state index < -0.39 is 77.5 Å². The zero-order valence-corrected chi connectivity index (χ0v) is 67.7. The SMILES string of the molecule is NCCN1CC(Nc2cc(C(=O)CC[C@H](O)CN3CCc4ccccc4C3)ncn2)C1.O=C(CCCCCCCc1cccc2c1C(=O)N(C1CCC(=O)NC1=O)C2=O)CCCN1CC(Nc2cc(C(=O)CC[C@H](O)CN3CCc4ccccc4C3)ncn2)C1.O=C(O)CCCCCCCc1cccc2c1C(=O)N(C1CCC(=O)NC1=O)C2=O. The maximum atomic E-state index is 13.3. The Morgan fingerprint density at radius 3 is 1.33 bits per heavy atom. The number of unbranched alkanes of at least 4 members (excludes halogenated alkanes) is 8. The van der Waals surface area contributed by atoms with Gasteiger partial charge in [0.1, 0.15) is 53.5 Å². The first-order valence-corrected chi connectivity index (χ1v) is 42.4. The number of piperidine rings is 2. The molecule has 4 atom stereocenters. The van der Waals surface area contributed by atoms with Gasteiger partial charge in [-0.15, -0.1) is 0 Å². The van der Waals surface area contributed by atoms with Crippen LogP contribution in [0.25, 0.3) is 0 Å². The van der Waals surface area contributed by atoms with E-state index in [4.69, 9.17) is 10.8 Å². The van der Waals surface area contributed by atoms with Crippen LogP contribution in [0.3, 0.4) is 0 Å². The molecule has 9 N–H and O–H groups in total. The number of ketones is 3. The first-order valence-electron chi connectivity index (χ1n) is 42.4. The third-order valence-corrected chi connectivity index (χ3v) is 23.5. The summed E-state index contributed by atoms with van der Waals surface area (Å²) in [4.78, 5) is 176. The number of anilines is 2. The highest BCUT2D eigenvalue weighted by Gasteiger charge is 2.47. The number of rotatable bonds is 40. The van der Waals surface area contributed by atoms with E-state index in [1.807, 2.05) is 18.2 Å². The molecule has 119 heavy (non-hydrogen) atoms. The summed E-state index contributed by atoms with van der Waals surface area (Å²) >= 11 is 0. The van der Waals surface area contributed by atoms with Crippen LogP contribution in [0.5, 0.6) is 0 Å². The van der Waals surface area contributed by atoms with E-state index in [0.717, 1.165) is 163 Å². The van der Waals surface area contributed by atoms with Gasteiger partial charge in [0.2, 0.25) is 23.6 Å². The van der Waals surface area contributed by atoms with E-state index in [1.165, 1.54) is 34.9 Å². The number of nitrogens with one attached hydrogen (secondary N) is 4. The predicted molar refractivity (Wildman–Crippen MR) is 442 cm³/mol. The normalized spacial score (nSPS) is 18.7. The molecule has 30 heteroatoms. The molecular weight excluding hydrogens is 1520 g/mol. The molecular formula is C89H111N15O15. The maximum absolute atomic E-state index is 13.3. The van der Waals surface area contributed by atoms with Crippen molar-refractivity contribution in [3.63, 3.8) is 0 Å². The minimum absolute atomic E-state index is 0.0631.